The Morgan fingerprint density at radius 1 is 1.45 bits per heavy atom. The summed E-state index contributed by atoms with van der Waals surface area (Å²) in [5.41, 5.74) is 0.710. The molecule has 1 aliphatic heterocycles. The van der Waals surface area contributed by atoms with Crippen molar-refractivity contribution < 1.29 is 4.79 Å². The maximum atomic E-state index is 12.1. The highest BCUT2D eigenvalue weighted by atomic mass is 35.5. The van der Waals surface area contributed by atoms with E-state index in [2.05, 4.69) is 10.2 Å². The molecule has 0 radical (unpaired) electrons. The molecule has 1 heterocycles. The highest BCUT2D eigenvalue weighted by Gasteiger charge is 2.21. The lowest BCUT2D eigenvalue weighted by Gasteiger charge is -2.20. The summed E-state index contributed by atoms with van der Waals surface area (Å²) < 4.78 is 0.816. The number of benzene rings is 1. The van der Waals surface area contributed by atoms with Gasteiger partial charge in [0, 0.05) is 23.8 Å². The topological polar surface area (TPSA) is 32.3 Å². The first-order chi connectivity index (χ1) is 9.56. The molecule has 3 nitrogen and oxygen atoms in total. The quantitative estimate of drug-likeness (QED) is 0.856. The monoisotopic (exact) mass is 328 g/mol. The molecule has 0 saturated carbocycles. The van der Waals surface area contributed by atoms with E-state index in [0.29, 0.717) is 10.7 Å². The van der Waals surface area contributed by atoms with Crippen molar-refractivity contribution in [3.8, 4) is 0 Å². The summed E-state index contributed by atoms with van der Waals surface area (Å²) in [7, 11) is 0. The van der Waals surface area contributed by atoms with E-state index in [1.165, 1.54) is 24.6 Å². The molecule has 1 aliphatic rings. The second-order valence-electron chi connectivity index (χ2n) is 4.72. The van der Waals surface area contributed by atoms with Gasteiger partial charge in [-0.3, -0.25) is 4.79 Å². The minimum absolute atomic E-state index is 0.0567. The fourth-order valence-corrected chi connectivity index (χ4v) is 3.60. The zero-order chi connectivity index (χ0) is 14.5. The fourth-order valence-electron chi connectivity index (χ4n) is 1.99. The third-order valence-electron chi connectivity index (χ3n) is 3.10. The number of thioether (sulfide) groups is 1. The molecule has 1 aromatic carbocycles. The van der Waals surface area contributed by atoms with Gasteiger partial charge in [-0.1, -0.05) is 41.6 Å². The predicted molar refractivity (Wildman–Crippen MR) is 90.5 cm³/mol. The summed E-state index contributed by atoms with van der Waals surface area (Å²) in [6.07, 6.45) is 2.37. The molecular formula is C14H17ClN2OS2. The minimum Gasteiger partial charge on any atom is -0.358 e. The molecule has 6 heteroatoms. The SMILES string of the molecule is C[C@H](SC(=S)N1CCCC1)C(=O)Nc1cccc(Cl)c1. The summed E-state index contributed by atoms with van der Waals surface area (Å²) in [4.78, 5) is 14.3. The summed E-state index contributed by atoms with van der Waals surface area (Å²) in [6, 6.07) is 7.14. The van der Waals surface area contributed by atoms with Gasteiger partial charge in [0.15, 0.2) is 0 Å². The molecular weight excluding hydrogens is 312 g/mol. The van der Waals surface area contributed by atoms with Crippen LogP contribution in [0.1, 0.15) is 19.8 Å². The number of carbonyl (C=O) groups excluding carboxylic acids is 1. The van der Waals surface area contributed by atoms with Crippen LogP contribution in [0.2, 0.25) is 5.02 Å². The highest BCUT2D eigenvalue weighted by molar-refractivity contribution is 8.23. The van der Waals surface area contributed by atoms with Crippen LogP contribution < -0.4 is 5.32 Å². The van der Waals surface area contributed by atoms with E-state index in [0.717, 1.165) is 17.4 Å². The number of nitrogens with one attached hydrogen (secondary N) is 1. The third kappa shape index (κ3) is 4.36. The first-order valence-electron chi connectivity index (χ1n) is 6.58. The van der Waals surface area contributed by atoms with Crippen LogP contribution in [0.25, 0.3) is 0 Å². The van der Waals surface area contributed by atoms with Crippen molar-refractivity contribution in [3.63, 3.8) is 0 Å². The van der Waals surface area contributed by atoms with Gasteiger partial charge in [0.25, 0.3) is 0 Å². The van der Waals surface area contributed by atoms with Crippen LogP contribution in [0.3, 0.4) is 0 Å². The minimum atomic E-state index is -0.220. The van der Waals surface area contributed by atoms with E-state index >= 15 is 0 Å². The van der Waals surface area contributed by atoms with Crippen molar-refractivity contribution in [1.82, 2.24) is 4.90 Å². The second kappa shape index (κ2) is 7.29. The number of hydrogen-bond acceptors (Lipinski definition) is 3. The van der Waals surface area contributed by atoms with Gasteiger partial charge in [-0.05, 0) is 38.0 Å². The smallest absolute Gasteiger partial charge is 0.237 e. The Labute approximate surface area is 134 Å². The molecule has 2 rings (SSSR count). The maximum Gasteiger partial charge on any atom is 0.237 e. The molecule has 1 atom stereocenters. The van der Waals surface area contributed by atoms with Crippen LogP contribution in [0, 0.1) is 0 Å². The number of halogens is 1. The molecule has 1 N–H and O–H groups in total. The van der Waals surface area contributed by atoms with Gasteiger partial charge >= 0.3 is 0 Å². The average Bonchev–Trinajstić information content (AvgIpc) is 2.92. The van der Waals surface area contributed by atoms with Crippen LogP contribution in [-0.2, 0) is 4.79 Å². The Kier molecular flexibility index (Phi) is 5.69. The molecule has 1 fully saturated rings. The van der Waals surface area contributed by atoms with Gasteiger partial charge in [0.2, 0.25) is 5.91 Å². The maximum absolute atomic E-state index is 12.1. The van der Waals surface area contributed by atoms with Gasteiger partial charge in [-0.25, -0.2) is 0 Å². The number of thiocarbonyl (C=S) groups is 1. The van der Waals surface area contributed by atoms with Gasteiger partial charge in [-0.15, -0.1) is 0 Å². The number of rotatable bonds is 3. The van der Waals surface area contributed by atoms with Crippen molar-refractivity contribution in [3.05, 3.63) is 29.3 Å². The van der Waals surface area contributed by atoms with Crippen molar-refractivity contribution >= 4 is 51.5 Å². The van der Waals surface area contributed by atoms with Crippen molar-refractivity contribution in [1.29, 1.82) is 0 Å². The Bertz CT molecular complexity index is 504. The third-order valence-corrected chi connectivity index (χ3v) is 4.91. The summed E-state index contributed by atoms with van der Waals surface area (Å²) in [5.74, 6) is -0.0567. The van der Waals surface area contributed by atoms with Crippen LogP contribution >= 0.6 is 35.6 Å². The Hall–Kier alpha value is -0.780. The van der Waals surface area contributed by atoms with Crippen LogP contribution in [0.5, 0.6) is 0 Å². The highest BCUT2D eigenvalue weighted by Crippen LogP contribution is 2.22. The number of carbonyl (C=O) groups is 1. The van der Waals surface area contributed by atoms with Crippen molar-refractivity contribution in [2.24, 2.45) is 0 Å². The van der Waals surface area contributed by atoms with Crippen LogP contribution in [0.15, 0.2) is 24.3 Å². The summed E-state index contributed by atoms with van der Waals surface area (Å²) >= 11 is 12.7. The molecule has 1 aromatic rings. The van der Waals surface area contributed by atoms with E-state index < -0.39 is 0 Å². The standard InChI is InChI=1S/C14H17ClN2OS2/c1-10(20-14(19)17-7-2-3-8-17)13(18)16-12-6-4-5-11(15)9-12/h4-6,9-10H,2-3,7-8H2,1H3,(H,16,18)/t10-/m0/s1. The summed E-state index contributed by atoms with van der Waals surface area (Å²) in [6.45, 7) is 3.88. The zero-order valence-electron chi connectivity index (χ0n) is 11.3. The molecule has 0 bridgehead atoms. The van der Waals surface area contributed by atoms with Gasteiger partial charge in [-0.2, -0.15) is 0 Å². The van der Waals surface area contributed by atoms with E-state index in [9.17, 15) is 4.79 Å². The second-order valence-corrected chi connectivity index (χ2v) is 7.13. The molecule has 0 unspecified atom stereocenters. The lowest BCUT2D eigenvalue weighted by atomic mass is 10.3. The Balaban J connectivity index is 1.86. The predicted octanol–water partition coefficient (Wildman–Crippen LogP) is 3.78. The number of anilines is 1. The number of amides is 1. The van der Waals surface area contributed by atoms with Crippen LogP contribution in [0.4, 0.5) is 5.69 Å². The van der Waals surface area contributed by atoms with E-state index in [-0.39, 0.29) is 11.2 Å². The number of likely N-dealkylation sites (tertiary alicyclic amines) is 1. The van der Waals surface area contributed by atoms with Crippen LogP contribution in [-0.4, -0.2) is 33.5 Å². The molecule has 20 heavy (non-hydrogen) atoms. The molecule has 108 valence electrons. The lowest BCUT2D eigenvalue weighted by molar-refractivity contribution is -0.115. The molecule has 1 saturated heterocycles. The van der Waals surface area contributed by atoms with Gasteiger partial charge in [0.05, 0.1) is 5.25 Å². The van der Waals surface area contributed by atoms with E-state index in [1.54, 1.807) is 12.1 Å². The first-order valence-corrected chi connectivity index (χ1v) is 8.25. The Morgan fingerprint density at radius 2 is 2.15 bits per heavy atom. The zero-order valence-corrected chi connectivity index (χ0v) is 13.7. The Morgan fingerprint density at radius 3 is 2.80 bits per heavy atom. The van der Waals surface area contributed by atoms with Crippen molar-refractivity contribution in [2.75, 3.05) is 18.4 Å². The first kappa shape index (κ1) is 15.6. The van der Waals surface area contributed by atoms with E-state index in [4.69, 9.17) is 23.8 Å². The normalized spacial score (nSPS) is 16.0. The lowest BCUT2D eigenvalue weighted by Crippen LogP contribution is -2.29. The fraction of sp³-hybridized carbons (Fsp3) is 0.429. The van der Waals surface area contributed by atoms with E-state index in [1.807, 2.05) is 19.1 Å². The van der Waals surface area contributed by atoms with Gasteiger partial charge in [0.1, 0.15) is 4.32 Å². The number of nitrogens with zero attached hydrogens (tertiary/aromatic N) is 1. The molecule has 1 amide bonds. The molecule has 0 aliphatic carbocycles. The largest absolute Gasteiger partial charge is 0.358 e. The van der Waals surface area contributed by atoms with Gasteiger partial charge < -0.3 is 10.2 Å². The summed E-state index contributed by atoms with van der Waals surface area (Å²) in [5, 5.41) is 3.24. The van der Waals surface area contributed by atoms with Crippen molar-refractivity contribution in [2.45, 2.75) is 25.0 Å². The molecule has 0 aromatic heterocycles. The number of hydrogen-bond donors (Lipinski definition) is 1. The average molecular weight is 329 g/mol. The molecule has 0 spiro atoms.